The van der Waals surface area contributed by atoms with Crippen LogP contribution in [-0.4, -0.2) is 36.0 Å². The van der Waals surface area contributed by atoms with Crippen molar-refractivity contribution in [3.63, 3.8) is 0 Å². The summed E-state index contributed by atoms with van der Waals surface area (Å²) < 4.78 is 46.3. The zero-order chi connectivity index (χ0) is 20.6. The number of hydrogen-bond donors (Lipinski definition) is 0. The molecule has 4 rings (SSSR count). The Morgan fingerprint density at radius 3 is 2.48 bits per heavy atom. The van der Waals surface area contributed by atoms with Gasteiger partial charge in [0.1, 0.15) is 5.82 Å². The maximum atomic E-state index is 13.1. The van der Waals surface area contributed by atoms with E-state index >= 15 is 0 Å². The standard InChI is InChI=1S/C20H19ClFN3O3S/c1-13-2-5-16(21)12-18(13)29(26,27)25-10-8-15(9-11-25)20-24-23-19(28-20)14-3-6-17(22)7-4-14/h2-7,12,15H,8-11H2,1H3. The van der Waals surface area contributed by atoms with Crippen LogP contribution in [0.3, 0.4) is 0 Å². The minimum Gasteiger partial charge on any atom is -0.420 e. The van der Waals surface area contributed by atoms with Gasteiger partial charge in [-0.15, -0.1) is 10.2 Å². The Bertz CT molecular complexity index is 1120. The molecule has 9 heteroatoms. The molecular weight excluding hydrogens is 417 g/mol. The number of aromatic nitrogens is 2. The highest BCUT2D eigenvalue weighted by Crippen LogP contribution is 2.32. The molecule has 1 fully saturated rings. The van der Waals surface area contributed by atoms with Crippen molar-refractivity contribution in [2.75, 3.05) is 13.1 Å². The Kier molecular flexibility index (Phi) is 5.42. The van der Waals surface area contributed by atoms with E-state index in [0.717, 1.165) is 0 Å². The maximum Gasteiger partial charge on any atom is 0.247 e. The van der Waals surface area contributed by atoms with Crippen molar-refractivity contribution < 1.29 is 17.2 Å². The molecule has 1 saturated heterocycles. The van der Waals surface area contributed by atoms with E-state index in [0.29, 0.717) is 53.9 Å². The molecule has 0 atom stereocenters. The van der Waals surface area contributed by atoms with Crippen molar-refractivity contribution in [2.24, 2.45) is 0 Å². The van der Waals surface area contributed by atoms with Crippen LogP contribution in [0, 0.1) is 12.7 Å². The number of piperidine rings is 1. The van der Waals surface area contributed by atoms with Gasteiger partial charge in [0.25, 0.3) is 0 Å². The lowest BCUT2D eigenvalue weighted by molar-refractivity contribution is 0.291. The average Bonchev–Trinajstić information content (AvgIpc) is 3.20. The SMILES string of the molecule is Cc1ccc(Cl)cc1S(=O)(=O)N1CCC(c2nnc(-c3ccc(F)cc3)o2)CC1. The van der Waals surface area contributed by atoms with Crippen LogP contribution >= 0.6 is 11.6 Å². The predicted molar refractivity (Wildman–Crippen MR) is 107 cm³/mol. The van der Waals surface area contributed by atoms with E-state index in [1.165, 1.54) is 22.5 Å². The van der Waals surface area contributed by atoms with Gasteiger partial charge in [-0.05, 0) is 61.7 Å². The molecule has 1 aliphatic heterocycles. The minimum absolute atomic E-state index is 0.0244. The first-order chi connectivity index (χ1) is 13.8. The molecule has 152 valence electrons. The third-order valence-electron chi connectivity index (χ3n) is 5.10. The van der Waals surface area contributed by atoms with Crippen LogP contribution < -0.4 is 0 Å². The molecule has 2 aromatic carbocycles. The highest BCUT2D eigenvalue weighted by Gasteiger charge is 2.33. The van der Waals surface area contributed by atoms with E-state index in [2.05, 4.69) is 10.2 Å². The van der Waals surface area contributed by atoms with Gasteiger partial charge in [0.15, 0.2) is 0 Å². The summed E-state index contributed by atoms with van der Waals surface area (Å²) in [6.45, 7) is 2.46. The topological polar surface area (TPSA) is 76.3 Å². The van der Waals surface area contributed by atoms with E-state index in [1.807, 2.05) is 0 Å². The number of halogens is 2. The summed E-state index contributed by atoms with van der Waals surface area (Å²) in [5.74, 6) is 0.436. The quantitative estimate of drug-likeness (QED) is 0.606. The fourth-order valence-electron chi connectivity index (χ4n) is 3.44. The zero-order valence-corrected chi connectivity index (χ0v) is 17.3. The lowest BCUT2D eigenvalue weighted by Gasteiger charge is -2.30. The van der Waals surface area contributed by atoms with Gasteiger partial charge in [0, 0.05) is 29.6 Å². The molecule has 1 aliphatic rings. The van der Waals surface area contributed by atoms with Crippen molar-refractivity contribution in [3.8, 4) is 11.5 Å². The van der Waals surface area contributed by atoms with Crippen LogP contribution in [0.15, 0.2) is 51.8 Å². The van der Waals surface area contributed by atoms with Gasteiger partial charge >= 0.3 is 0 Å². The number of benzene rings is 2. The molecule has 0 aliphatic carbocycles. The first-order valence-electron chi connectivity index (χ1n) is 9.20. The summed E-state index contributed by atoms with van der Waals surface area (Å²) in [6, 6.07) is 10.7. The van der Waals surface area contributed by atoms with Gasteiger partial charge in [-0.1, -0.05) is 17.7 Å². The largest absolute Gasteiger partial charge is 0.420 e. The van der Waals surface area contributed by atoms with Crippen LogP contribution in [0.1, 0.15) is 30.2 Å². The fourth-order valence-corrected chi connectivity index (χ4v) is 5.40. The molecule has 3 aromatic rings. The maximum absolute atomic E-state index is 13.1. The van der Waals surface area contributed by atoms with Crippen LogP contribution in [0.4, 0.5) is 4.39 Å². The molecule has 2 heterocycles. The molecule has 0 radical (unpaired) electrons. The molecule has 6 nitrogen and oxygen atoms in total. The van der Waals surface area contributed by atoms with E-state index in [1.54, 1.807) is 31.2 Å². The Morgan fingerprint density at radius 2 is 1.79 bits per heavy atom. The average molecular weight is 436 g/mol. The third kappa shape index (κ3) is 4.05. The Hall–Kier alpha value is -2.29. The molecule has 1 aromatic heterocycles. The smallest absolute Gasteiger partial charge is 0.247 e. The van der Waals surface area contributed by atoms with Gasteiger partial charge < -0.3 is 4.42 Å². The van der Waals surface area contributed by atoms with Crippen LogP contribution in [-0.2, 0) is 10.0 Å². The molecule has 0 spiro atoms. The number of aryl methyl sites for hydroxylation is 1. The Labute approximate surface area is 173 Å². The van der Waals surface area contributed by atoms with Crippen molar-refractivity contribution in [1.82, 2.24) is 14.5 Å². The van der Waals surface area contributed by atoms with Gasteiger partial charge in [-0.2, -0.15) is 4.31 Å². The van der Waals surface area contributed by atoms with Crippen molar-refractivity contribution in [3.05, 3.63) is 64.8 Å². The van der Waals surface area contributed by atoms with Crippen LogP contribution in [0.2, 0.25) is 5.02 Å². The van der Waals surface area contributed by atoms with Crippen LogP contribution in [0.5, 0.6) is 0 Å². The van der Waals surface area contributed by atoms with Gasteiger partial charge in [-0.3, -0.25) is 0 Å². The Balaban J connectivity index is 1.47. The summed E-state index contributed by atoms with van der Waals surface area (Å²) >= 11 is 6.00. The summed E-state index contributed by atoms with van der Waals surface area (Å²) in [7, 11) is -3.62. The second-order valence-electron chi connectivity index (χ2n) is 7.04. The van der Waals surface area contributed by atoms with E-state index in [9.17, 15) is 12.8 Å². The van der Waals surface area contributed by atoms with Gasteiger partial charge in [0.2, 0.25) is 21.8 Å². The first kappa shape index (κ1) is 20.0. The molecule has 0 amide bonds. The normalized spacial score (nSPS) is 16.2. The van der Waals surface area contributed by atoms with Crippen molar-refractivity contribution in [2.45, 2.75) is 30.6 Å². The highest BCUT2D eigenvalue weighted by atomic mass is 35.5. The molecule has 0 unspecified atom stereocenters. The van der Waals surface area contributed by atoms with E-state index in [-0.39, 0.29) is 16.6 Å². The minimum atomic E-state index is -3.62. The van der Waals surface area contributed by atoms with Crippen molar-refractivity contribution >= 4 is 21.6 Å². The summed E-state index contributed by atoms with van der Waals surface area (Å²) in [4.78, 5) is 0.236. The molecular formula is C20H19ClFN3O3S. The fraction of sp³-hybridized carbons (Fsp3) is 0.300. The number of nitrogens with zero attached hydrogens (tertiary/aromatic N) is 3. The molecule has 0 saturated carbocycles. The third-order valence-corrected chi connectivity index (χ3v) is 7.38. The zero-order valence-electron chi connectivity index (χ0n) is 15.7. The second kappa shape index (κ2) is 7.85. The molecule has 0 bridgehead atoms. The lowest BCUT2D eigenvalue weighted by Crippen LogP contribution is -2.38. The van der Waals surface area contributed by atoms with Gasteiger partial charge in [0.05, 0.1) is 4.90 Å². The molecule has 29 heavy (non-hydrogen) atoms. The second-order valence-corrected chi connectivity index (χ2v) is 9.38. The summed E-state index contributed by atoms with van der Waals surface area (Å²) in [6.07, 6.45) is 1.15. The predicted octanol–water partition coefficient (Wildman–Crippen LogP) is 4.41. The highest BCUT2D eigenvalue weighted by molar-refractivity contribution is 7.89. The summed E-state index contributed by atoms with van der Waals surface area (Å²) in [5, 5.41) is 8.55. The molecule has 0 N–H and O–H groups in total. The van der Waals surface area contributed by atoms with Gasteiger partial charge in [-0.25, -0.2) is 12.8 Å². The first-order valence-corrected chi connectivity index (χ1v) is 11.0. The number of hydrogen-bond acceptors (Lipinski definition) is 5. The lowest BCUT2D eigenvalue weighted by atomic mass is 9.98. The van der Waals surface area contributed by atoms with Crippen LogP contribution in [0.25, 0.3) is 11.5 Å². The van der Waals surface area contributed by atoms with E-state index < -0.39 is 10.0 Å². The monoisotopic (exact) mass is 435 g/mol. The van der Waals surface area contributed by atoms with E-state index in [4.69, 9.17) is 16.0 Å². The summed E-state index contributed by atoms with van der Waals surface area (Å²) in [5.41, 5.74) is 1.30. The van der Waals surface area contributed by atoms with Crippen molar-refractivity contribution in [1.29, 1.82) is 0 Å². The Morgan fingerprint density at radius 1 is 1.10 bits per heavy atom. The number of rotatable bonds is 4. The number of sulfonamides is 1.